The molecule has 0 saturated carbocycles. The molecule has 0 bridgehead atoms. The van der Waals surface area contributed by atoms with Crippen LogP contribution in [0, 0.1) is 20.9 Å². The molecule has 0 aromatic rings. The van der Waals surface area contributed by atoms with Crippen molar-refractivity contribution in [3.8, 4) is 0 Å². The maximum atomic E-state index is 8.36. The Kier molecular flexibility index (Phi) is 11.6. The van der Waals surface area contributed by atoms with E-state index in [1.54, 1.807) is 0 Å². The van der Waals surface area contributed by atoms with Crippen molar-refractivity contribution in [1.82, 2.24) is 10.6 Å². The van der Waals surface area contributed by atoms with Gasteiger partial charge in [-0.05, 0) is 12.8 Å². The molecule has 0 aliphatic rings. The van der Waals surface area contributed by atoms with Gasteiger partial charge in [0.05, 0.1) is 0 Å². The van der Waals surface area contributed by atoms with E-state index in [4.69, 9.17) is 31.9 Å². The highest BCUT2D eigenvalue weighted by Gasteiger charge is 2.06. The molecule has 0 amide bonds. The van der Waals surface area contributed by atoms with E-state index in [9.17, 15) is 0 Å². The Morgan fingerprint density at radius 3 is 2.33 bits per heavy atom. The van der Waals surface area contributed by atoms with Gasteiger partial charge in [0.1, 0.15) is 0 Å². The van der Waals surface area contributed by atoms with Gasteiger partial charge in [0.2, 0.25) is 0 Å². The van der Waals surface area contributed by atoms with Crippen LogP contribution in [0.4, 0.5) is 0 Å². The molecule has 0 rings (SSSR count). The topological polar surface area (TPSA) is 161 Å². The highest BCUT2D eigenvalue weighted by molar-refractivity contribution is 5.94. The SMILES string of the molecule is CCCCC(CC)NC(=N)NC(=N)N.O=[N+]([O-])O. The number of unbranched alkanes of at least 4 members (excludes halogenated alkanes) is 1. The molecule has 0 fully saturated rings. The minimum absolute atomic E-state index is 0.112. The van der Waals surface area contributed by atoms with E-state index in [2.05, 4.69) is 24.5 Å². The van der Waals surface area contributed by atoms with Crippen molar-refractivity contribution < 1.29 is 10.3 Å². The van der Waals surface area contributed by atoms with E-state index < -0.39 is 5.09 Å². The predicted molar refractivity (Wildman–Crippen MR) is 68.3 cm³/mol. The minimum Gasteiger partial charge on any atom is -0.370 e. The van der Waals surface area contributed by atoms with Crippen LogP contribution >= 0.6 is 0 Å². The minimum atomic E-state index is -1.50. The molecule has 0 aromatic carbocycles. The quantitative estimate of drug-likeness (QED) is 0.184. The average molecular weight is 262 g/mol. The Morgan fingerprint density at radius 1 is 1.50 bits per heavy atom. The van der Waals surface area contributed by atoms with Gasteiger partial charge < -0.3 is 16.3 Å². The molecule has 0 aromatic heterocycles. The molecule has 18 heavy (non-hydrogen) atoms. The summed E-state index contributed by atoms with van der Waals surface area (Å²) in [5.74, 6) is -0.0895. The van der Waals surface area contributed by atoms with Gasteiger partial charge in [0.15, 0.2) is 11.9 Å². The summed E-state index contributed by atoms with van der Waals surface area (Å²) in [4.78, 5) is 8.36. The van der Waals surface area contributed by atoms with Crippen LogP contribution in [-0.4, -0.2) is 28.3 Å². The van der Waals surface area contributed by atoms with Gasteiger partial charge in [0, 0.05) is 6.04 Å². The summed E-state index contributed by atoms with van der Waals surface area (Å²) < 4.78 is 0. The fourth-order valence-electron chi connectivity index (χ4n) is 1.20. The Labute approximate surface area is 106 Å². The number of nitrogens with two attached hydrogens (primary N) is 1. The molecule has 0 spiro atoms. The molecule has 0 aliphatic heterocycles. The lowest BCUT2D eigenvalue weighted by molar-refractivity contribution is -0.742. The lowest BCUT2D eigenvalue weighted by atomic mass is 10.1. The summed E-state index contributed by atoms with van der Waals surface area (Å²) in [7, 11) is 0. The number of nitrogens with zero attached hydrogens (tertiary/aromatic N) is 1. The molecule has 1 atom stereocenters. The van der Waals surface area contributed by atoms with E-state index in [0.29, 0.717) is 6.04 Å². The highest BCUT2D eigenvalue weighted by atomic mass is 16.9. The average Bonchev–Trinajstić information content (AvgIpc) is 2.22. The van der Waals surface area contributed by atoms with E-state index in [0.717, 1.165) is 25.7 Å². The highest BCUT2D eigenvalue weighted by Crippen LogP contribution is 2.03. The summed E-state index contributed by atoms with van der Waals surface area (Å²) in [6.07, 6.45) is 4.33. The van der Waals surface area contributed by atoms with Gasteiger partial charge in [-0.2, -0.15) is 0 Å². The molecule has 7 N–H and O–H groups in total. The van der Waals surface area contributed by atoms with Gasteiger partial charge in [0.25, 0.3) is 5.09 Å². The summed E-state index contributed by atoms with van der Waals surface area (Å²) in [5.41, 5.74) is 5.10. The number of guanidine groups is 2. The third-order valence-electron chi connectivity index (χ3n) is 2.01. The molecular formula is C9H22N6O3. The van der Waals surface area contributed by atoms with E-state index >= 15 is 0 Å². The first kappa shape index (κ1) is 18.3. The molecular weight excluding hydrogens is 240 g/mol. The van der Waals surface area contributed by atoms with Crippen LogP contribution in [0.25, 0.3) is 0 Å². The van der Waals surface area contributed by atoms with Crippen LogP contribution in [-0.2, 0) is 0 Å². The monoisotopic (exact) mass is 262 g/mol. The van der Waals surface area contributed by atoms with Crippen LogP contribution < -0.4 is 16.4 Å². The fraction of sp³-hybridized carbons (Fsp3) is 0.778. The summed E-state index contributed by atoms with van der Waals surface area (Å²) in [6, 6.07) is 0.300. The van der Waals surface area contributed by atoms with Crippen molar-refractivity contribution in [2.45, 2.75) is 45.6 Å². The maximum Gasteiger partial charge on any atom is 0.291 e. The van der Waals surface area contributed by atoms with Crippen molar-refractivity contribution >= 4 is 11.9 Å². The van der Waals surface area contributed by atoms with Gasteiger partial charge in [-0.1, -0.05) is 26.7 Å². The number of hydrogen-bond donors (Lipinski definition) is 6. The standard InChI is InChI=1S/C9H21N5.HNO3/c1-3-5-6-7(4-2)13-9(12)14-8(10)11;2-1(3)4/h7H,3-6H2,1-2H3,(H6,10,11,12,13,14);(H,2,3,4). The molecule has 0 radical (unpaired) electrons. The van der Waals surface area contributed by atoms with E-state index in [-0.39, 0.29) is 11.9 Å². The second kappa shape index (κ2) is 11.4. The lowest BCUT2D eigenvalue weighted by Gasteiger charge is -2.18. The molecule has 0 heterocycles. The predicted octanol–water partition coefficient (Wildman–Crippen LogP) is 0.615. The number of rotatable bonds is 5. The second-order valence-electron chi connectivity index (χ2n) is 3.54. The van der Waals surface area contributed by atoms with Crippen LogP contribution in [0.2, 0.25) is 0 Å². The van der Waals surface area contributed by atoms with Crippen molar-refractivity contribution in [1.29, 1.82) is 10.8 Å². The van der Waals surface area contributed by atoms with Crippen LogP contribution in [0.3, 0.4) is 0 Å². The van der Waals surface area contributed by atoms with Crippen LogP contribution in [0.5, 0.6) is 0 Å². The third-order valence-corrected chi connectivity index (χ3v) is 2.01. The summed E-state index contributed by atoms with van der Waals surface area (Å²) >= 11 is 0. The Morgan fingerprint density at radius 2 is 2.00 bits per heavy atom. The van der Waals surface area contributed by atoms with Crippen LogP contribution in [0.15, 0.2) is 0 Å². The maximum absolute atomic E-state index is 8.36. The number of hydrogen-bond acceptors (Lipinski definition) is 4. The van der Waals surface area contributed by atoms with Crippen molar-refractivity contribution in [3.05, 3.63) is 10.1 Å². The normalized spacial score (nSPS) is 10.6. The second-order valence-corrected chi connectivity index (χ2v) is 3.54. The van der Waals surface area contributed by atoms with Crippen molar-refractivity contribution in [2.24, 2.45) is 5.73 Å². The third kappa shape index (κ3) is 16.4. The number of nitrogens with one attached hydrogen (secondary N) is 4. The Balaban J connectivity index is 0. The molecule has 9 heteroatoms. The van der Waals surface area contributed by atoms with E-state index in [1.165, 1.54) is 0 Å². The van der Waals surface area contributed by atoms with Crippen molar-refractivity contribution in [2.75, 3.05) is 0 Å². The largest absolute Gasteiger partial charge is 0.370 e. The van der Waals surface area contributed by atoms with Crippen molar-refractivity contribution in [3.63, 3.8) is 0 Å². The Bertz CT molecular complexity index is 267. The van der Waals surface area contributed by atoms with Gasteiger partial charge in [-0.3, -0.25) is 16.1 Å². The fourth-order valence-corrected chi connectivity index (χ4v) is 1.20. The molecule has 1 unspecified atom stereocenters. The summed E-state index contributed by atoms with van der Waals surface area (Å²) in [5, 5.41) is 33.4. The first-order chi connectivity index (χ1) is 8.33. The molecule has 106 valence electrons. The van der Waals surface area contributed by atoms with Gasteiger partial charge in [-0.15, -0.1) is 10.1 Å². The Hall–Kier alpha value is -2.06. The first-order valence-corrected chi connectivity index (χ1v) is 5.62. The molecule has 0 aliphatic carbocycles. The first-order valence-electron chi connectivity index (χ1n) is 5.62. The van der Waals surface area contributed by atoms with E-state index in [1.807, 2.05) is 0 Å². The zero-order chi connectivity index (χ0) is 14.6. The smallest absolute Gasteiger partial charge is 0.291 e. The summed E-state index contributed by atoms with van der Waals surface area (Å²) in [6.45, 7) is 4.22. The lowest BCUT2D eigenvalue weighted by Crippen LogP contribution is -2.47. The van der Waals surface area contributed by atoms with Crippen LogP contribution in [0.1, 0.15) is 39.5 Å². The molecule has 0 saturated heterocycles. The van der Waals surface area contributed by atoms with Gasteiger partial charge >= 0.3 is 0 Å². The zero-order valence-corrected chi connectivity index (χ0v) is 10.7. The molecule has 9 nitrogen and oxygen atoms in total. The van der Waals surface area contributed by atoms with Gasteiger partial charge in [-0.25, -0.2) is 0 Å². The zero-order valence-electron chi connectivity index (χ0n) is 10.7.